The molecule has 0 saturated heterocycles. The zero-order chi connectivity index (χ0) is 12.3. The van der Waals surface area contributed by atoms with Crippen molar-refractivity contribution < 1.29 is 9.18 Å². The van der Waals surface area contributed by atoms with Gasteiger partial charge < -0.3 is 0 Å². The summed E-state index contributed by atoms with van der Waals surface area (Å²) in [5.41, 5.74) is 2.69. The fourth-order valence-corrected chi connectivity index (χ4v) is 1.63. The van der Waals surface area contributed by atoms with E-state index in [4.69, 9.17) is 0 Å². The molecule has 1 nitrogen and oxygen atoms in total. The van der Waals surface area contributed by atoms with Gasteiger partial charge in [0.25, 0.3) is 0 Å². The predicted molar refractivity (Wildman–Crippen MR) is 65.6 cm³/mol. The van der Waals surface area contributed by atoms with Crippen LogP contribution in [0.4, 0.5) is 4.39 Å². The molecule has 2 aromatic rings. The van der Waals surface area contributed by atoms with Crippen LogP contribution in [-0.4, -0.2) is 5.78 Å². The minimum Gasteiger partial charge on any atom is -0.294 e. The number of carbonyl (C=O) groups excluding carboxylic acids is 1. The number of benzene rings is 2. The van der Waals surface area contributed by atoms with E-state index < -0.39 is 0 Å². The molecule has 0 bridgehead atoms. The third kappa shape index (κ3) is 3.00. The third-order valence-electron chi connectivity index (χ3n) is 2.65. The zero-order valence-corrected chi connectivity index (χ0v) is 9.61. The van der Waals surface area contributed by atoms with Gasteiger partial charge in [0.15, 0.2) is 5.78 Å². The summed E-state index contributed by atoms with van der Waals surface area (Å²) in [7, 11) is 0. The van der Waals surface area contributed by atoms with E-state index in [2.05, 4.69) is 0 Å². The summed E-state index contributed by atoms with van der Waals surface area (Å²) in [5.74, 6) is -0.314. The SMILES string of the molecule is Cc1ccc(CC(=O)c2ccc(F)cc2)cc1. The molecule has 0 N–H and O–H groups in total. The largest absolute Gasteiger partial charge is 0.294 e. The minimum atomic E-state index is -0.322. The number of halogens is 1. The molecule has 0 saturated carbocycles. The second-order valence-corrected chi connectivity index (χ2v) is 4.09. The van der Waals surface area contributed by atoms with Crippen molar-refractivity contribution in [2.45, 2.75) is 13.3 Å². The van der Waals surface area contributed by atoms with Gasteiger partial charge in [0, 0.05) is 12.0 Å². The van der Waals surface area contributed by atoms with Crippen LogP contribution in [-0.2, 0) is 6.42 Å². The number of Topliss-reactive ketones (excluding diaryl/α,β-unsaturated/α-hetero) is 1. The maximum Gasteiger partial charge on any atom is 0.167 e. The molecule has 0 aliphatic heterocycles. The number of rotatable bonds is 3. The van der Waals surface area contributed by atoms with Crippen LogP contribution in [0.25, 0.3) is 0 Å². The average Bonchev–Trinajstić information content (AvgIpc) is 2.33. The van der Waals surface area contributed by atoms with Gasteiger partial charge in [-0.1, -0.05) is 29.8 Å². The Balaban J connectivity index is 2.11. The third-order valence-corrected chi connectivity index (χ3v) is 2.65. The molecular weight excluding hydrogens is 215 g/mol. The molecule has 0 heterocycles. The highest BCUT2D eigenvalue weighted by molar-refractivity contribution is 5.97. The van der Waals surface area contributed by atoms with E-state index >= 15 is 0 Å². The van der Waals surface area contributed by atoms with Crippen LogP contribution < -0.4 is 0 Å². The fraction of sp³-hybridized carbons (Fsp3) is 0.133. The van der Waals surface area contributed by atoms with Crippen LogP contribution in [0, 0.1) is 12.7 Å². The highest BCUT2D eigenvalue weighted by atomic mass is 19.1. The molecule has 0 unspecified atom stereocenters. The first kappa shape index (κ1) is 11.5. The lowest BCUT2D eigenvalue weighted by molar-refractivity contribution is 0.0993. The Hall–Kier alpha value is -1.96. The van der Waals surface area contributed by atoms with Gasteiger partial charge >= 0.3 is 0 Å². The van der Waals surface area contributed by atoms with Crippen LogP contribution in [0.1, 0.15) is 21.5 Å². The quantitative estimate of drug-likeness (QED) is 0.734. The van der Waals surface area contributed by atoms with Crippen molar-refractivity contribution in [3.63, 3.8) is 0 Å². The van der Waals surface area contributed by atoms with E-state index in [9.17, 15) is 9.18 Å². The van der Waals surface area contributed by atoms with E-state index in [1.54, 1.807) is 0 Å². The normalized spacial score (nSPS) is 10.2. The minimum absolute atomic E-state index is 0.00820. The van der Waals surface area contributed by atoms with Gasteiger partial charge in [-0.3, -0.25) is 4.79 Å². The summed E-state index contributed by atoms with van der Waals surface area (Å²) in [6.45, 7) is 2.01. The van der Waals surface area contributed by atoms with Crippen LogP contribution in [0.15, 0.2) is 48.5 Å². The van der Waals surface area contributed by atoms with Crippen molar-refractivity contribution in [1.82, 2.24) is 0 Å². The van der Waals surface area contributed by atoms with Gasteiger partial charge in [-0.25, -0.2) is 4.39 Å². The molecular formula is C15H13FO. The molecule has 2 heteroatoms. The molecule has 0 aliphatic carbocycles. The topological polar surface area (TPSA) is 17.1 Å². The molecule has 86 valence electrons. The standard InChI is InChI=1S/C15H13FO/c1-11-2-4-12(5-3-11)10-15(17)13-6-8-14(16)9-7-13/h2-9H,10H2,1H3. The first-order chi connectivity index (χ1) is 8.15. The van der Waals surface area contributed by atoms with Gasteiger partial charge in [0.2, 0.25) is 0 Å². The van der Waals surface area contributed by atoms with Gasteiger partial charge in [-0.15, -0.1) is 0 Å². The Morgan fingerprint density at radius 3 is 2.18 bits per heavy atom. The summed E-state index contributed by atoms with van der Waals surface area (Å²) in [5, 5.41) is 0. The van der Waals surface area contributed by atoms with Crippen molar-refractivity contribution in [3.05, 3.63) is 71.0 Å². The smallest absolute Gasteiger partial charge is 0.167 e. The Kier molecular flexibility index (Phi) is 3.33. The lowest BCUT2D eigenvalue weighted by Gasteiger charge is -2.02. The molecule has 0 spiro atoms. The summed E-state index contributed by atoms with van der Waals surface area (Å²) in [6, 6.07) is 13.5. The maximum atomic E-state index is 12.7. The molecule has 0 aliphatic rings. The maximum absolute atomic E-state index is 12.7. The van der Waals surface area contributed by atoms with E-state index in [1.807, 2.05) is 31.2 Å². The van der Waals surface area contributed by atoms with E-state index in [0.29, 0.717) is 12.0 Å². The van der Waals surface area contributed by atoms with E-state index in [0.717, 1.165) is 5.56 Å². The Bertz CT molecular complexity index is 512. The molecule has 2 rings (SSSR count). The Labute approximate surface area is 99.9 Å². The first-order valence-electron chi connectivity index (χ1n) is 5.49. The van der Waals surface area contributed by atoms with Crippen LogP contribution >= 0.6 is 0 Å². The highest BCUT2D eigenvalue weighted by Crippen LogP contribution is 2.09. The number of ketones is 1. The highest BCUT2D eigenvalue weighted by Gasteiger charge is 2.06. The number of hydrogen-bond donors (Lipinski definition) is 0. The lowest BCUT2D eigenvalue weighted by Crippen LogP contribution is -2.03. The molecule has 17 heavy (non-hydrogen) atoms. The molecule has 2 aromatic carbocycles. The second-order valence-electron chi connectivity index (χ2n) is 4.09. The van der Waals surface area contributed by atoms with Crippen LogP contribution in [0.5, 0.6) is 0 Å². The van der Waals surface area contributed by atoms with Crippen molar-refractivity contribution in [2.24, 2.45) is 0 Å². The lowest BCUT2D eigenvalue weighted by atomic mass is 10.0. The van der Waals surface area contributed by atoms with E-state index in [-0.39, 0.29) is 11.6 Å². The van der Waals surface area contributed by atoms with Crippen molar-refractivity contribution in [1.29, 1.82) is 0 Å². The summed E-state index contributed by atoms with van der Waals surface area (Å²) >= 11 is 0. The van der Waals surface area contributed by atoms with Crippen LogP contribution in [0.2, 0.25) is 0 Å². The van der Waals surface area contributed by atoms with Gasteiger partial charge in [0.1, 0.15) is 5.82 Å². The molecule has 0 radical (unpaired) electrons. The van der Waals surface area contributed by atoms with E-state index in [1.165, 1.54) is 29.8 Å². The van der Waals surface area contributed by atoms with Gasteiger partial charge in [0.05, 0.1) is 0 Å². The van der Waals surface area contributed by atoms with Gasteiger partial charge in [-0.05, 0) is 36.8 Å². The predicted octanol–water partition coefficient (Wildman–Crippen LogP) is 3.56. The number of hydrogen-bond acceptors (Lipinski definition) is 1. The summed E-state index contributed by atoms with van der Waals surface area (Å²) in [4.78, 5) is 11.9. The molecule has 0 aromatic heterocycles. The van der Waals surface area contributed by atoms with Gasteiger partial charge in [-0.2, -0.15) is 0 Å². The van der Waals surface area contributed by atoms with Crippen molar-refractivity contribution in [3.8, 4) is 0 Å². The molecule has 0 amide bonds. The van der Waals surface area contributed by atoms with Crippen molar-refractivity contribution >= 4 is 5.78 Å². The Morgan fingerprint density at radius 2 is 1.59 bits per heavy atom. The molecule has 0 atom stereocenters. The Morgan fingerprint density at radius 1 is 1.00 bits per heavy atom. The monoisotopic (exact) mass is 228 g/mol. The summed E-state index contributed by atoms with van der Waals surface area (Å²) < 4.78 is 12.7. The fourth-order valence-electron chi connectivity index (χ4n) is 1.63. The average molecular weight is 228 g/mol. The molecule has 0 fully saturated rings. The second kappa shape index (κ2) is 4.91. The van der Waals surface area contributed by atoms with Crippen molar-refractivity contribution in [2.75, 3.05) is 0 Å². The number of aryl methyl sites for hydroxylation is 1. The van der Waals surface area contributed by atoms with Crippen LogP contribution in [0.3, 0.4) is 0 Å². The number of carbonyl (C=O) groups is 1. The first-order valence-corrected chi connectivity index (χ1v) is 5.49. The zero-order valence-electron chi connectivity index (χ0n) is 9.61. The summed E-state index contributed by atoms with van der Waals surface area (Å²) in [6.07, 6.45) is 0.353.